The molecule has 0 aromatic heterocycles. The van der Waals surface area contributed by atoms with Crippen LogP contribution in [0.3, 0.4) is 0 Å². The number of piperidine rings is 1. The Bertz CT molecular complexity index is 826. The van der Waals surface area contributed by atoms with E-state index in [0.717, 1.165) is 56.6 Å². The smallest absolute Gasteiger partial charge is 0.220 e. The van der Waals surface area contributed by atoms with E-state index in [1.165, 1.54) is 16.7 Å². The number of likely N-dealkylation sites (tertiary alicyclic amines) is 1. The van der Waals surface area contributed by atoms with E-state index in [4.69, 9.17) is 4.74 Å². The highest BCUT2D eigenvalue weighted by Gasteiger charge is 2.20. The van der Waals surface area contributed by atoms with Crippen LogP contribution in [-0.2, 0) is 11.3 Å². The van der Waals surface area contributed by atoms with E-state index < -0.39 is 0 Å². The van der Waals surface area contributed by atoms with Gasteiger partial charge in [0.2, 0.25) is 5.91 Å². The van der Waals surface area contributed by atoms with Crippen molar-refractivity contribution in [2.45, 2.75) is 65.5 Å². The molecule has 1 aliphatic rings. The van der Waals surface area contributed by atoms with Gasteiger partial charge in [-0.05, 0) is 74.8 Å². The number of benzene rings is 2. The van der Waals surface area contributed by atoms with E-state index in [9.17, 15) is 4.79 Å². The Kier molecular flexibility index (Phi) is 8.32. The minimum absolute atomic E-state index is 0.180. The summed E-state index contributed by atoms with van der Waals surface area (Å²) < 4.78 is 5.88. The molecular formula is C26H36N2O2. The average molecular weight is 409 g/mol. The third-order valence-electron chi connectivity index (χ3n) is 6.01. The molecule has 4 heteroatoms. The Morgan fingerprint density at radius 2 is 1.80 bits per heavy atom. The van der Waals surface area contributed by atoms with Crippen LogP contribution >= 0.6 is 0 Å². The Hall–Kier alpha value is -2.33. The number of carbonyl (C=O) groups excluding carboxylic acids is 1. The minimum atomic E-state index is 0.180. The molecular weight excluding hydrogens is 372 g/mol. The van der Waals surface area contributed by atoms with E-state index in [2.05, 4.69) is 73.5 Å². The molecule has 0 unspecified atom stereocenters. The van der Waals surface area contributed by atoms with Gasteiger partial charge in [0.15, 0.2) is 0 Å². The maximum Gasteiger partial charge on any atom is 0.220 e. The lowest BCUT2D eigenvalue weighted by Gasteiger charge is -2.32. The molecule has 0 saturated carbocycles. The zero-order valence-electron chi connectivity index (χ0n) is 18.7. The molecule has 4 nitrogen and oxygen atoms in total. The van der Waals surface area contributed by atoms with Crippen LogP contribution in [0.5, 0.6) is 5.75 Å². The van der Waals surface area contributed by atoms with Crippen molar-refractivity contribution in [2.24, 2.45) is 0 Å². The summed E-state index contributed by atoms with van der Waals surface area (Å²) in [5.74, 6) is 1.14. The molecule has 162 valence electrons. The van der Waals surface area contributed by atoms with Gasteiger partial charge in [0.25, 0.3) is 0 Å². The zero-order valence-corrected chi connectivity index (χ0v) is 18.7. The van der Waals surface area contributed by atoms with Crippen molar-refractivity contribution in [2.75, 3.05) is 19.7 Å². The van der Waals surface area contributed by atoms with E-state index in [1.54, 1.807) is 0 Å². The van der Waals surface area contributed by atoms with Crippen LogP contribution in [0, 0.1) is 20.8 Å². The molecule has 30 heavy (non-hydrogen) atoms. The molecule has 1 amide bonds. The summed E-state index contributed by atoms with van der Waals surface area (Å²) in [7, 11) is 0. The van der Waals surface area contributed by atoms with Gasteiger partial charge in [-0.2, -0.15) is 0 Å². The number of hydrogen-bond donors (Lipinski definition) is 1. The number of ether oxygens (including phenoxy) is 1. The quantitative estimate of drug-likeness (QED) is 0.598. The highest BCUT2D eigenvalue weighted by molar-refractivity contribution is 5.76. The van der Waals surface area contributed by atoms with Crippen molar-refractivity contribution in [3.63, 3.8) is 0 Å². The highest BCUT2D eigenvalue weighted by Crippen LogP contribution is 2.20. The molecule has 0 aliphatic carbocycles. The maximum atomic E-state index is 12.3. The van der Waals surface area contributed by atoms with E-state index in [1.807, 2.05) is 0 Å². The van der Waals surface area contributed by atoms with E-state index in [-0.39, 0.29) is 5.91 Å². The first-order valence-corrected chi connectivity index (χ1v) is 11.3. The van der Waals surface area contributed by atoms with Crippen LogP contribution < -0.4 is 10.1 Å². The molecule has 0 bridgehead atoms. The lowest BCUT2D eigenvalue weighted by atomic mass is 10.0. The van der Waals surface area contributed by atoms with Crippen LogP contribution in [0.15, 0.2) is 42.5 Å². The van der Waals surface area contributed by atoms with Crippen LogP contribution in [0.4, 0.5) is 0 Å². The van der Waals surface area contributed by atoms with Crippen LogP contribution in [-0.4, -0.2) is 36.5 Å². The Labute approximate surface area is 181 Å². The average Bonchev–Trinajstić information content (AvgIpc) is 2.73. The first kappa shape index (κ1) is 22.4. The third kappa shape index (κ3) is 6.88. The summed E-state index contributed by atoms with van der Waals surface area (Å²) in [6, 6.07) is 15.2. The number of unbranched alkanes of at least 4 members (excludes halogenated alkanes) is 1. The molecule has 0 atom stereocenters. The molecule has 1 saturated heterocycles. The van der Waals surface area contributed by atoms with Crippen molar-refractivity contribution in [3.05, 3.63) is 64.7 Å². The number of nitrogens with one attached hydrogen (secondary N) is 1. The van der Waals surface area contributed by atoms with Crippen molar-refractivity contribution in [1.82, 2.24) is 10.2 Å². The normalized spacial score (nSPS) is 15.2. The molecule has 1 aliphatic heterocycles. The summed E-state index contributed by atoms with van der Waals surface area (Å²) >= 11 is 0. The molecule has 1 heterocycles. The summed E-state index contributed by atoms with van der Waals surface area (Å²) in [5.41, 5.74) is 5.13. The maximum absolute atomic E-state index is 12.3. The lowest BCUT2D eigenvalue weighted by Crippen LogP contribution is -2.44. The van der Waals surface area contributed by atoms with Gasteiger partial charge < -0.3 is 10.1 Å². The third-order valence-corrected chi connectivity index (χ3v) is 6.01. The second kappa shape index (κ2) is 11.2. The Balaban J connectivity index is 1.29. The molecule has 3 rings (SSSR count). The molecule has 0 spiro atoms. The van der Waals surface area contributed by atoms with Gasteiger partial charge in [0.1, 0.15) is 5.75 Å². The van der Waals surface area contributed by atoms with Gasteiger partial charge in [0.05, 0.1) is 6.61 Å². The predicted molar refractivity (Wildman–Crippen MR) is 123 cm³/mol. The van der Waals surface area contributed by atoms with Gasteiger partial charge in [-0.15, -0.1) is 0 Å². The van der Waals surface area contributed by atoms with Crippen molar-refractivity contribution >= 4 is 5.91 Å². The highest BCUT2D eigenvalue weighted by atomic mass is 16.5. The van der Waals surface area contributed by atoms with Gasteiger partial charge in [-0.25, -0.2) is 0 Å². The fourth-order valence-corrected chi connectivity index (χ4v) is 4.00. The Morgan fingerprint density at radius 1 is 1.03 bits per heavy atom. The van der Waals surface area contributed by atoms with Crippen molar-refractivity contribution in [1.29, 1.82) is 0 Å². The number of nitrogens with zero attached hydrogens (tertiary/aromatic N) is 1. The van der Waals surface area contributed by atoms with Gasteiger partial charge in [-0.1, -0.05) is 36.4 Å². The number of aryl methyl sites for hydroxylation is 3. The number of carbonyl (C=O) groups is 1. The first-order chi connectivity index (χ1) is 14.5. The number of hydrogen-bond acceptors (Lipinski definition) is 3. The SMILES string of the molecule is Cc1ccc(C)c(OCCCCC(=O)NC2CCN(Cc3ccccc3C)CC2)c1. The largest absolute Gasteiger partial charge is 0.493 e. The van der Waals surface area contributed by atoms with Gasteiger partial charge in [0, 0.05) is 32.1 Å². The number of amides is 1. The van der Waals surface area contributed by atoms with Crippen molar-refractivity contribution < 1.29 is 9.53 Å². The van der Waals surface area contributed by atoms with E-state index >= 15 is 0 Å². The minimum Gasteiger partial charge on any atom is -0.493 e. The molecule has 0 radical (unpaired) electrons. The predicted octanol–water partition coefficient (Wildman–Crippen LogP) is 4.94. The van der Waals surface area contributed by atoms with Crippen molar-refractivity contribution in [3.8, 4) is 5.75 Å². The summed E-state index contributed by atoms with van der Waals surface area (Å²) in [6.45, 7) is 10.1. The molecule has 1 N–H and O–H groups in total. The Morgan fingerprint density at radius 3 is 2.57 bits per heavy atom. The number of rotatable bonds is 9. The fraction of sp³-hybridized carbons (Fsp3) is 0.500. The van der Waals surface area contributed by atoms with Crippen LogP contribution in [0.1, 0.15) is 54.4 Å². The topological polar surface area (TPSA) is 41.6 Å². The standard InChI is InChI=1S/C26H36N2O2/c1-20-11-12-22(3)25(18-20)30-17-7-6-10-26(29)27-24-13-15-28(16-14-24)19-23-9-5-4-8-21(23)2/h4-5,8-9,11-12,18,24H,6-7,10,13-17,19H2,1-3H3,(H,27,29). The van der Waals surface area contributed by atoms with Gasteiger partial charge in [-0.3, -0.25) is 9.69 Å². The molecule has 2 aromatic carbocycles. The summed E-state index contributed by atoms with van der Waals surface area (Å²) in [5, 5.41) is 3.23. The summed E-state index contributed by atoms with van der Waals surface area (Å²) in [4.78, 5) is 14.8. The second-order valence-corrected chi connectivity index (χ2v) is 8.62. The van der Waals surface area contributed by atoms with E-state index in [0.29, 0.717) is 19.1 Å². The monoisotopic (exact) mass is 408 g/mol. The first-order valence-electron chi connectivity index (χ1n) is 11.3. The van der Waals surface area contributed by atoms with Gasteiger partial charge >= 0.3 is 0 Å². The summed E-state index contributed by atoms with van der Waals surface area (Å²) in [6.07, 6.45) is 4.42. The zero-order chi connectivity index (χ0) is 21.3. The fourth-order valence-electron chi connectivity index (χ4n) is 4.00. The lowest BCUT2D eigenvalue weighted by molar-refractivity contribution is -0.122. The molecule has 1 fully saturated rings. The van der Waals surface area contributed by atoms with Crippen LogP contribution in [0.25, 0.3) is 0 Å². The molecule has 2 aromatic rings. The van der Waals surface area contributed by atoms with Crippen LogP contribution in [0.2, 0.25) is 0 Å². The second-order valence-electron chi connectivity index (χ2n) is 8.62.